The van der Waals surface area contributed by atoms with Gasteiger partial charge in [0.05, 0.1) is 38.3 Å². The second-order valence-electron chi connectivity index (χ2n) is 9.34. The molecule has 1 heterocycles. The highest BCUT2D eigenvalue weighted by Gasteiger charge is 2.34. The number of nitrogen functional groups attached to an aromatic ring is 1. The van der Waals surface area contributed by atoms with Gasteiger partial charge in [-0.05, 0) is 67.1 Å². The summed E-state index contributed by atoms with van der Waals surface area (Å²) in [6, 6.07) is 8.74. The highest BCUT2D eigenvalue weighted by Crippen LogP contribution is 2.30. The molecule has 11 heteroatoms. The molecule has 1 aliphatic heterocycles. The Morgan fingerprint density at radius 1 is 1.26 bits per heavy atom. The van der Waals surface area contributed by atoms with Gasteiger partial charge >= 0.3 is 5.97 Å². The molecule has 2 atom stereocenters. The number of aliphatic imine (C=N–C) groups is 1. The van der Waals surface area contributed by atoms with Gasteiger partial charge < -0.3 is 15.6 Å². The number of hydroxylamine groups is 1. The number of carbonyl (C=O) groups is 3. The van der Waals surface area contributed by atoms with Gasteiger partial charge in [0.25, 0.3) is 0 Å². The number of carboxylic acid groups (broad SMARTS) is 1. The Bertz CT molecular complexity index is 1230. The van der Waals surface area contributed by atoms with E-state index >= 15 is 0 Å². The van der Waals surface area contributed by atoms with Gasteiger partial charge in [-0.25, -0.2) is 9.18 Å². The summed E-state index contributed by atoms with van der Waals surface area (Å²) in [5.74, 6) is -2.69. The molecule has 4 N–H and O–H groups in total. The maximum Gasteiger partial charge on any atom is 0.337 e. The van der Waals surface area contributed by atoms with Crippen LogP contribution in [0.25, 0.3) is 0 Å². The van der Waals surface area contributed by atoms with Gasteiger partial charge in [-0.2, -0.15) is 0 Å². The lowest BCUT2D eigenvalue weighted by atomic mass is 9.89. The lowest BCUT2D eigenvalue weighted by molar-refractivity contribution is -0.146. The number of nitrogens with zero attached hydrogens (tertiary/aromatic N) is 2. The first kappa shape index (κ1) is 29.6. The Morgan fingerprint density at radius 3 is 2.67 bits per heavy atom. The molecular weight excluding hydrogens is 507 g/mol. The summed E-state index contributed by atoms with van der Waals surface area (Å²) in [7, 11) is 1.47. The Labute approximate surface area is 226 Å². The first-order valence-electron chi connectivity index (χ1n) is 12.9. The minimum absolute atomic E-state index is 0.00333. The van der Waals surface area contributed by atoms with Crippen LogP contribution in [-0.4, -0.2) is 60.4 Å². The number of nitrogens with one attached hydrogen (secondary N) is 1. The lowest BCUT2D eigenvalue weighted by Crippen LogP contribution is -2.45. The number of anilines is 1. The van der Waals surface area contributed by atoms with Crippen LogP contribution in [0.1, 0.15) is 60.5 Å². The number of nitrogens with two attached hydrogens (primary N) is 1. The van der Waals surface area contributed by atoms with Crippen molar-refractivity contribution < 1.29 is 33.5 Å². The highest BCUT2D eigenvalue weighted by atomic mass is 19.1. The van der Waals surface area contributed by atoms with Crippen molar-refractivity contribution in [2.75, 3.05) is 32.5 Å². The van der Waals surface area contributed by atoms with Gasteiger partial charge in [0.15, 0.2) is 0 Å². The van der Waals surface area contributed by atoms with Crippen molar-refractivity contribution in [3.05, 3.63) is 58.9 Å². The number of imide groups is 1. The van der Waals surface area contributed by atoms with E-state index in [2.05, 4.69) is 10.5 Å². The third-order valence-corrected chi connectivity index (χ3v) is 6.61. The number of hydrogen-bond acceptors (Lipinski definition) is 8. The highest BCUT2D eigenvalue weighted by molar-refractivity contribution is 6.02. The number of halogens is 1. The third kappa shape index (κ3) is 7.53. The summed E-state index contributed by atoms with van der Waals surface area (Å²) in [6.45, 7) is 4.07. The summed E-state index contributed by atoms with van der Waals surface area (Å²) in [5.41, 5.74) is 9.99. The van der Waals surface area contributed by atoms with E-state index in [1.54, 1.807) is 19.1 Å². The van der Waals surface area contributed by atoms with E-state index in [0.717, 1.165) is 16.9 Å². The van der Waals surface area contributed by atoms with E-state index in [4.69, 9.17) is 15.3 Å². The van der Waals surface area contributed by atoms with Crippen molar-refractivity contribution in [3.8, 4) is 5.75 Å². The average Bonchev–Trinajstić information content (AvgIpc) is 3.05. The fraction of sp³-hybridized carbons (Fsp3) is 0.429. The molecule has 10 nitrogen and oxygen atoms in total. The molecule has 210 valence electrons. The van der Waals surface area contributed by atoms with Crippen LogP contribution in [0, 0.1) is 11.7 Å². The zero-order valence-corrected chi connectivity index (χ0v) is 22.4. The molecule has 2 amide bonds. The molecule has 2 aromatic rings. The minimum atomic E-state index is -1.13. The average molecular weight is 543 g/mol. The molecule has 0 spiro atoms. The summed E-state index contributed by atoms with van der Waals surface area (Å²) >= 11 is 0. The molecule has 0 aliphatic carbocycles. The number of benzene rings is 2. The van der Waals surface area contributed by atoms with Crippen LogP contribution in [0.15, 0.2) is 41.4 Å². The SMILES string of the molecule is CCC[C@@H](CC(=O)N1CC(NOCC)=NCC(Cc2cc(F)ccc2OC)C1=O)c1ccc(C(=O)O)c(N)c1. The quantitative estimate of drug-likeness (QED) is 0.289. The first-order chi connectivity index (χ1) is 18.7. The van der Waals surface area contributed by atoms with E-state index < -0.39 is 29.5 Å². The molecule has 0 aromatic heterocycles. The monoisotopic (exact) mass is 542 g/mol. The van der Waals surface area contributed by atoms with Crippen molar-refractivity contribution >= 4 is 29.3 Å². The maximum atomic E-state index is 14.0. The number of methoxy groups -OCH3 is 1. The molecular formula is C28H35FN4O6. The molecule has 1 unspecified atom stereocenters. The largest absolute Gasteiger partial charge is 0.496 e. The van der Waals surface area contributed by atoms with Crippen molar-refractivity contribution in [2.24, 2.45) is 10.9 Å². The van der Waals surface area contributed by atoms with Crippen molar-refractivity contribution in [2.45, 2.75) is 45.4 Å². The number of rotatable bonds is 11. The molecule has 0 saturated carbocycles. The lowest BCUT2D eigenvalue weighted by Gasteiger charge is -2.26. The Morgan fingerprint density at radius 2 is 2.03 bits per heavy atom. The normalized spacial score (nSPS) is 16.3. The van der Waals surface area contributed by atoms with Crippen LogP contribution < -0.4 is 16.0 Å². The maximum absolute atomic E-state index is 14.0. The molecule has 0 bridgehead atoms. The summed E-state index contributed by atoms with van der Waals surface area (Å²) in [6.07, 6.45) is 1.51. The second kappa shape index (κ2) is 13.7. The van der Waals surface area contributed by atoms with Crippen molar-refractivity contribution in [1.29, 1.82) is 0 Å². The molecule has 0 saturated heterocycles. The number of amidine groups is 1. The fourth-order valence-electron chi connectivity index (χ4n) is 4.64. The van der Waals surface area contributed by atoms with Gasteiger partial charge in [-0.3, -0.25) is 29.8 Å². The molecule has 2 aromatic carbocycles. The number of hydrogen-bond donors (Lipinski definition) is 3. The van der Waals surface area contributed by atoms with Crippen molar-refractivity contribution in [3.63, 3.8) is 0 Å². The van der Waals surface area contributed by atoms with E-state index in [1.807, 2.05) is 6.92 Å². The summed E-state index contributed by atoms with van der Waals surface area (Å²) in [4.78, 5) is 49.6. The summed E-state index contributed by atoms with van der Waals surface area (Å²) in [5, 5.41) is 9.30. The molecule has 0 radical (unpaired) electrons. The third-order valence-electron chi connectivity index (χ3n) is 6.61. The zero-order valence-electron chi connectivity index (χ0n) is 22.4. The van der Waals surface area contributed by atoms with E-state index in [-0.39, 0.29) is 43.1 Å². The van der Waals surface area contributed by atoms with Crippen LogP contribution >= 0.6 is 0 Å². The van der Waals surface area contributed by atoms with Crippen LogP contribution in [0.5, 0.6) is 5.75 Å². The fourth-order valence-corrected chi connectivity index (χ4v) is 4.64. The van der Waals surface area contributed by atoms with Crippen molar-refractivity contribution in [1.82, 2.24) is 10.4 Å². The van der Waals surface area contributed by atoms with Gasteiger partial charge in [0.2, 0.25) is 11.8 Å². The van der Waals surface area contributed by atoms with Gasteiger partial charge in [-0.15, -0.1) is 0 Å². The minimum Gasteiger partial charge on any atom is -0.496 e. The number of ether oxygens (including phenoxy) is 1. The molecule has 39 heavy (non-hydrogen) atoms. The van der Waals surface area contributed by atoms with Gasteiger partial charge in [0, 0.05) is 12.1 Å². The van der Waals surface area contributed by atoms with E-state index in [1.165, 1.54) is 31.4 Å². The Balaban J connectivity index is 1.89. The summed E-state index contributed by atoms with van der Waals surface area (Å²) < 4.78 is 19.3. The van der Waals surface area contributed by atoms with E-state index in [0.29, 0.717) is 30.2 Å². The number of amides is 2. The molecule has 0 fully saturated rings. The van der Waals surface area contributed by atoms with Crippen LogP contribution in [-0.2, 0) is 20.8 Å². The predicted molar refractivity (Wildman–Crippen MR) is 144 cm³/mol. The Hall–Kier alpha value is -3.99. The Kier molecular flexibility index (Phi) is 10.4. The number of carbonyl (C=O) groups excluding carboxylic acids is 2. The number of carboxylic acids is 1. The topological polar surface area (TPSA) is 144 Å². The first-order valence-corrected chi connectivity index (χ1v) is 12.9. The smallest absolute Gasteiger partial charge is 0.337 e. The van der Waals surface area contributed by atoms with E-state index in [9.17, 15) is 23.9 Å². The number of aromatic carboxylic acids is 1. The van der Waals surface area contributed by atoms with Crippen LogP contribution in [0.4, 0.5) is 10.1 Å². The molecule has 3 rings (SSSR count). The van der Waals surface area contributed by atoms with Gasteiger partial charge in [0.1, 0.15) is 17.4 Å². The standard InChI is InChI=1S/C28H35FN4O6/c1-4-6-17(18-7-9-22(28(36)37)23(30)13-18)14-26(34)33-16-25(32-39-5-2)31-15-20(27(33)35)11-19-12-21(29)8-10-24(19)38-3/h7-10,12-13,17,20H,4-6,11,14-16,30H2,1-3H3,(H,31,32)(H,36,37)/t17-,20?/m0/s1. The van der Waals surface area contributed by atoms with Crippen LogP contribution in [0.2, 0.25) is 0 Å². The second-order valence-corrected chi connectivity index (χ2v) is 9.34. The molecule has 1 aliphatic rings. The van der Waals surface area contributed by atoms with Gasteiger partial charge in [-0.1, -0.05) is 19.4 Å². The zero-order chi connectivity index (χ0) is 28.5. The van der Waals surface area contributed by atoms with Crippen LogP contribution in [0.3, 0.4) is 0 Å². The predicted octanol–water partition coefficient (Wildman–Crippen LogP) is 3.56.